The first-order chi connectivity index (χ1) is 10.4. The van der Waals surface area contributed by atoms with Crippen LogP contribution in [0.5, 0.6) is 5.88 Å². The van der Waals surface area contributed by atoms with E-state index in [2.05, 4.69) is 20.8 Å². The van der Waals surface area contributed by atoms with Gasteiger partial charge in [0.1, 0.15) is 12.4 Å². The van der Waals surface area contributed by atoms with Crippen LogP contribution >= 0.6 is 0 Å². The van der Waals surface area contributed by atoms with Crippen molar-refractivity contribution in [1.82, 2.24) is 15.4 Å². The Morgan fingerprint density at radius 2 is 1.95 bits per heavy atom. The van der Waals surface area contributed by atoms with Crippen LogP contribution in [0.3, 0.4) is 0 Å². The minimum atomic E-state index is -0.509. The van der Waals surface area contributed by atoms with Gasteiger partial charge in [-0.15, -0.1) is 0 Å². The van der Waals surface area contributed by atoms with Gasteiger partial charge in [0.2, 0.25) is 5.82 Å². The summed E-state index contributed by atoms with van der Waals surface area (Å²) in [4.78, 5) is 18.8. The third kappa shape index (κ3) is 4.52. The summed E-state index contributed by atoms with van der Waals surface area (Å²) in [5, 5.41) is 11.4. The van der Waals surface area contributed by atoms with Gasteiger partial charge in [0.15, 0.2) is 0 Å². The van der Waals surface area contributed by atoms with Gasteiger partial charge in [0, 0.05) is 5.54 Å². The molecule has 1 aliphatic carbocycles. The van der Waals surface area contributed by atoms with Gasteiger partial charge in [-0.3, -0.25) is 15.5 Å². The smallest absolute Gasteiger partial charge is 0.374 e. The molecule has 2 rings (SSSR count). The number of anilines is 1. The van der Waals surface area contributed by atoms with Gasteiger partial charge in [0.25, 0.3) is 5.88 Å². The van der Waals surface area contributed by atoms with Gasteiger partial charge in [-0.1, -0.05) is 6.42 Å². The molecule has 1 fully saturated rings. The van der Waals surface area contributed by atoms with Gasteiger partial charge < -0.3 is 4.74 Å². The van der Waals surface area contributed by atoms with Crippen molar-refractivity contribution >= 4 is 11.5 Å². The first kappa shape index (κ1) is 16.4. The van der Waals surface area contributed by atoms with Crippen LogP contribution in [0.1, 0.15) is 52.9 Å². The molecular formula is C14H23N5O3. The zero-order valence-electron chi connectivity index (χ0n) is 13.3. The number of nitro groups is 1. The third-order valence-electron chi connectivity index (χ3n) is 3.36. The number of nitrogens with zero attached hydrogens (tertiary/aromatic N) is 3. The number of hydrogen-bond donors (Lipinski definition) is 2. The molecule has 1 saturated carbocycles. The van der Waals surface area contributed by atoms with Crippen molar-refractivity contribution in [1.29, 1.82) is 0 Å². The normalized spacial score (nSPS) is 16.3. The summed E-state index contributed by atoms with van der Waals surface area (Å²) < 4.78 is 5.76. The molecule has 1 aromatic heterocycles. The van der Waals surface area contributed by atoms with E-state index in [1.165, 1.54) is 12.7 Å². The maximum Gasteiger partial charge on any atom is 0.374 e. The van der Waals surface area contributed by atoms with E-state index in [4.69, 9.17) is 4.74 Å². The SMILES string of the molecule is CC(C)(C)NNc1ncnc(OC2CCCCC2)c1[N+](=O)[O-]. The van der Waals surface area contributed by atoms with E-state index in [0.717, 1.165) is 25.7 Å². The molecule has 122 valence electrons. The Hall–Kier alpha value is -1.96. The number of hydrazine groups is 1. The number of nitrogens with one attached hydrogen (secondary N) is 2. The molecule has 22 heavy (non-hydrogen) atoms. The van der Waals surface area contributed by atoms with Crippen molar-refractivity contribution in [3.05, 3.63) is 16.4 Å². The topological polar surface area (TPSA) is 102 Å². The largest absolute Gasteiger partial charge is 0.469 e. The maximum atomic E-state index is 11.4. The van der Waals surface area contributed by atoms with Crippen molar-refractivity contribution in [2.75, 3.05) is 5.43 Å². The molecule has 0 aliphatic heterocycles. The zero-order chi connectivity index (χ0) is 16.2. The second-order valence-electron chi connectivity index (χ2n) is 6.51. The van der Waals surface area contributed by atoms with E-state index >= 15 is 0 Å². The Morgan fingerprint density at radius 3 is 2.55 bits per heavy atom. The van der Waals surface area contributed by atoms with Gasteiger partial charge in [0.05, 0.1) is 4.92 Å². The molecule has 0 radical (unpaired) electrons. The van der Waals surface area contributed by atoms with E-state index in [1.807, 2.05) is 20.8 Å². The number of rotatable bonds is 5. The second-order valence-corrected chi connectivity index (χ2v) is 6.51. The summed E-state index contributed by atoms with van der Waals surface area (Å²) in [6, 6.07) is 0. The van der Waals surface area contributed by atoms with Crippen LogP contribution in [-0.4, -0.2) is 26.5 Å². The first-order valence-electron chi connectivity index (χ1n) is 7.56. The van der Waals surface area contributed by atoms with Crippen LogP contribution in [0, 0.1) is 10.1 Å². The number of ether oxygens (including phenoxy) is 1. The molecule has 1 aromatic rings. The van der Waals surface area contributed by atoms with E-state index in [9.17, 15) is 10.1 Å². The number of hydrogen-bond acceptors (Lipinski definition) is 7. The van der Waals surface area contributed by atoms with Gasteiger partial charge in [-0.25, -0.2) is 10.4 Å². The molecule has 0 aromatic carbocycles. The molecule has 8 nitrogen and oxygen atoms in total. The fourth-order valence-electron chi connectivity index (χ4n) is 2.29. The molecular weight excluding hydrogens is 286 g/mol. The minimum Gasteiger partial charge on any atom is -0.469 e. The molecule has 2 N–H and O–H groups in total. The van der Waals surface area contributed by atoms with Crippen molar-refractivity contribution in [3.8, 4) is 5.88 Å². The van der Waals surface area contributed by atoms with Crippen LogP contribution in [0.15, 0.2) is 6.33 Å². The molecule has 0 saturated heterocycles. The van der Waals surface area contributed by atoms with Crippen molar-refractivity contribution < 1.29 is 9.66 Å². The van der Waals surface area contributed by atoms with E-state index in [0.29, 0.717) is 0 Å². The highest BCUT2D eigenvalue weighted by Crippen LogP contribution is 2.33. The molecule has 0 bridgehead atoms. The van der Waals surface area contributed by atoms with E-state index in [-0.39, 0.29) is 29.0 Å². The quantitative estimate of drug-likeness (QED) is 0.636. The molecule has 0 amide bonds. The zero-order valence-corrected chi connectivity index (χ0v) is 13.3. The van der Waals surface area contributed by atoms with Crippen LogP contribution in [-0.2, 0) is 0 Å². The monoisotopic (exact) mass is 309 g/mol. The first-order valence-corrected chi connectivity index (χ1v) is 7.56. The summed E-state index contributed by atoms with van der Waals surface area (Å²) in [5.41, 5.74) is 5.26. The highest BCUT2D eigenvalue weighted by atomic mass is 16.6. The maximum absolute atomic E-state index is 11.4. The Kier molecular flexibility index (Phi) is 5.12. The van der Waals surface area contributed by atoms with Gasteiger partial charge >= 0.3 is 5.69 Å². The third-order valence-corrected chi connectivity index (χ3v) is 3.36. The Bertz CT molecular complexity index is 524. The van der Waals surface area contributed by atoms with Gasteiger partial charge in [-0.05, 0) is 46.5 Å². The van der Waals surface area contributed by atoms with Crippen LogP contribution in [0.25, 0.3) is 0 Å². The van der Waals surface area contributed by atoms with Gasteiger partial charge in [-0.2, -0.15) is 4.98 Å². The lowest BCUT2D eigenvalue weighted by atomic mass is 9.98. The summed E-state index contributed by atoms with van der Waals surface area (Å²) >= 11 is 0. The van der Waals surface area contributed by atoms with Crippen molar-refractivity contribution in [3.63, 3.8) is 0 Å². The van der Waals surface area contributed by atoms with Crippen LogP contribution in [0.2, 0.25) is 0 Å². The molecule has 0 spiro atoms. The fourth-order valence-corrected chi connectivity index (χ4v) is 2.29. The summed E-state index contributed by atoms with van der Waals surface area (Å²) in [7, 11) is 0. The fraction of sp³-hybridized carbons (Fsp3) is 0.714. The predicted molar refractivity (Wildman–Crippen MR) is 82.7 cm³/mol. The molecule has 8 heteroatoms. The molecule has 0 atom stereocenters. The summed E-state index contributed by atoms with van der Waals surface area (Å²) in [6.07, 6.45) is 6.44. The summed E-state index contributed by atoms with van der Waals surface area (Å²) in [6.45, 7) is 5.81. The standard InChI is InChI=1S/C14H23N5O3/c1-14(2,3)18-17-12-11(19(20)21)13(16-9-15-12)22-10-7-5-4-6-8-10/h9-10,18H,4-8H2,1-3H3,(H,15,16,17). The van der Waals surface area contributed by atoms with Crippen LogP contribution in [0.4, 0.5) is 11.5 Å². The predicted octanol–water partition coefficient (Wildman–Crippen LogP) is 2.81. The highest BCUT2D eigenvalue weighted by molar-refractivity contribution is 5.60. The van der Waals surface area contributed by atoms with Crippen LogP contribution < -0.4 is 15.6 Å². The Labute approximate surface area is 129 Å². The highest BCUT2D eigenvalue weighted by Gasteiger charge is 2.28. The molecule has 1 heterocycles. The van der Waals surface area contributed by atoms with Crippen molar-refractivity contribution in [2.45, 2.75) is 64.5 Å². The lowest BCUT2D eigenvalue weighted by Gasteiger charge is -2.23. The lowest BCUT2D eigenvalue weighted by molar-refractivity contribution is -0.385. The summed E-state index contributed by atoms with van der Waals surface area (Å²) in [5.74, 6) is 0.144. The average Bonchev–Trinajstić information content (AvgIpc) is 2.45. The Morgan fingerprint density at radius 1 is 1.27 bits per heavy atom. The van der Waals surface area contributed by atoms with E-state index in [1.54, 1.807) is 0 Å². The minimum absolute atomic E-state index is 0.00854. The average molecular weight is 309 g/mol. The van der Waals surface area contributed by atoms with E-state index < -0.39 is 4.92 Å². The lowest BCUT2D eigenvalue weighted by Crippen LogP contribution is -2.40. The van der Waals surface area contributed by atoms with Crippen molar-refractivity contribution in [2.24, 2.45) is 0 Å². The number of aromatic nitrogens is 2. The molecule has 1 aliphatic rings. The second kappa shape index (κ2) is 6.87. The molecule has 0 unspecified atom stereocenters. The Balaban J connectivity index is 2.19.